The van der Waals surface area contributed by atoms with Gasteiger partial charge in [0.1, 0.15) is 0 Å². The Hall–Kier alpha value is -0.610. The van der Waals surface area contributed by atoms with Crippen LogP contribution in [0.1, 0.15) is 33.1 Å². The highest BCUT2D eigenvalue weighted by Gasteiger charge is 2.17. The molecular formula is C11H22N2O2. The molecule has 4 nitrogen and oxygen atoms in total. The predicted octanol–water partition coefficient (Wildman–Crippen LogP) is 0.358. The van der Waals surface area contributed by atoms with Gasteiger partial charge in [-0.25, -0.2) is 0 Å². The Bertz CT molecular complexity index is 207. The number of amides is 1. The van der Waals surface area contributed by atoms with E-state index in [9.17, 15) is 9.90 Å². The Morgan fingerprint density at radius 3 is 2.93 bits per heavy atom. The SMILES string of the molecule is CC(C)NC(=O)CCN1CCC[C@H](O)C1. The van der Waals surface area contributed by atoms with Gasteiger partial charge in [0.2, 0.25) is 5.91 Å². The second-order valence-corrected chi connectivity index (χ2v) is 4.57. The molecule has 1 aliphatic rings. The van der Waals surface area contributed by atoms with Gasteiger partial charge in [-0.1, -0.05) is 0 Å². The van der Waals surface area contributed by atoms with Crippen LogP contribution in [0.15, 0.2) is 0 Å². The highest BCUT2D eigenvalue weighted by molar-refractivity contribution is 5.76. The van der Waals surface area contributed by atoms with E-state index in [-0.39, 0.29) is 18.1 Å². The number of aliphatic hydroxyl groups is 1. The monoisotopic (exact) mass is 214 g/mol. The van der Waals surface area contributed by atoms with Crippen molar-refractivity contribution in [3.05, 3.63) is 0 Å². The van der Waals surface area contributed by atoms with E-state index >= 15 is 0 Å². The number of carbonyl (C=O) groups is 1. The summed E-state index contributed by atoms with van der Waals surface area (Å²) in [5.74, 6) is 0.102. The molecule has 1 atom stereocenters. The minimum absolute atomic E-state index is 0.102. The lowest BCUT2D eigenvalue weighted by Gasteiger charge is -2.29. The lowest BCUT2D eigenvalue weighted by molar-refractivity contribution is -0.122. The summed E-state index contributed by atoms with van der Waals surface area (Å²) in [6.07, 6.45) is 2.26. The van der Waals surface area contributed by atoms with Gasteiger partial charge in [0.05, 0.1) is 6.10 Å². The second kappa shape index (κ2) is 6.08. The summed E-state index contributed by atoms with van der Waals surface area (Å²) >= 11 is 0. The maximum atomic E-state index is 11.4. The third-order valence-corrected chi connectivity index (χ3v) is 2.59. The highest BCUT2D eigenvalue weighted by Crippen LogP contribution is 2.09. The third-order valence-electron chi connectivity index (χ3n) is 2.59. The molecule has 15 heavy (non-hydrogen) atoms. The van der Waals surface area contributed by atoms with E-state index in [1.807, 2.05) is 13.8 Å². The fourth-order valence-electron chi connectivity index (χ4n) is 1.89. The zero-order valence-electron chi connectivity index (χ0n) is 9.70. The van der Waals surface area contributed by atoms with E-state index in [4.69, 9.17) is 0 Å². The number of rotatable bonds is 4. The van der Waals surface area contributed by atoms with Crippen molar-refractivity contribution in [3.8, 4) is 0 Å². The zero-order valence-corrected chi connectivity index (χ0v) is 9.70. The molecule has 1 rings (SSSR count). The number of piperidine rings is 1. The molecule has 0 aromatic carbocycles. The van der Waals surface area contributed by atoms with Crippen molar-refractivity contribution in [2.24, 2.45) is 0 Å². The fourth-order valence-corrected chi connectivity index (χ4v) is 1.89. The van der Waals surface area contributed by atoms with Crippen LogP contribution in [0.5, 0.6) is 0 Å². The normalized spacial score (nSPS) is 23.1. The van der Waals surface area contributed by atoms with E-state index in [1.54, 1.807) is 0 Å². The fraction of sp³-hybridized carbons (Fsp3) is 0.909. The third kappa shape index (κ3) is 5.14. The quantitative estimate of drug-likeness (QED) is 0.710. The molecule has 2 N–H and O–H groups in total. The number of β-amino-alcohol motifs (C(OH)–C–C–N with tert-alkyl or cyclic N) is 1. The predicted molar refractivity (Wildman–Crippen MR) is 59.6 cm³/mol. The molecule has 0 radical (unpaired) electrons. The molecule has 88 valence electrons. The van der Waals surface area contributed by atoms with Gasteiger partial charge >= 0.3 is 0 Å². The Balaban J connectivity index is 2.16. The van der Waals surface area contributed by atoms with Gasteiger partial charge < -0.3 is 15.3 Å². The maximum absolute atomic E-state index is 11.4. The largest absolute Gasteiger partial charge is 0.392 e. The van der Waals surface area contributed by atoms with Crippen molar-refractivity contribution < 1.29 is 9.90 Å². The second-order valence-electron chi connectivity index (χ2n) is 4.57. The standard InChI is InChI=1S/C11H22N2O2/c1-9(2)12-11(15)5-7-13-6-3-4-10(14)8-13/h9-10,14H,3-8H2,1-2H3,(H,12,15)/t10-/m0/s1. The summed E-state index contributed by atoms with van der Waals surface area (Å²) in [6, 6.07) is 0.212. The summed E-state index contributed by atoms with van der Waals surface area (Å²) < 4.78 is 0. The molecule has 1 amide bonds. The van der Waals surface area contributed by atoms with Crippen molar-refractivity contribution in [1.29, 1.82) is 0 Å². The van der Waals surface area contributed by atoms with Gasteiger partial charge in [0.25, 0.3) is 0 Å². The molecule has 1 heterocycles. The molecule has 0 aromatic heterocycles. The van der Waals surface area contributed by atoms with Crippen molar-refractivity contribution in [2.45, 2.75) is 45.3 Å². The molecule has 0 spiro atoms. The number of aliphatic hydroxyl groups excluding tert-OH is 1. The Labute approximate surface area is 91.6 Å². The Morgan fingerprint density at radius 2 is 2.33 bits per heavy atom. The van der Waals surface area contributed by atoms with E-state index in [0.717, 1.165) is 32.5 Å². The summed E-state index contributed by atoms with van der Waals surface area (Å²) in [6.45, 7) is 6.40. The first-order valence-corrected chi connectivity index (χ1v) is 5.77. The number of nitrogens with zero attached hydrogens (tertiary/aromatic N) is 1. The topological polar surface area (TPSA) is 52.6 Å². The van der Waals surface area contributed by atoms with E-state index in [0.29, 0.717) is 6.42 Å². The van der Waals surface area contributed by atoms with Gasteiger partial charge in [-0.3, -0.25) is 4.79 Å². The van der Waals surface area contributed by atoms with Crippen molar-refractivity contribution in [1.82, 2.24) is 10.2 Å². The first-order chi connectivity index (χ1) is 7.08. The van der Waals surface area contributed by atoms with Gasteiger partial charge in [-0.2, -0.15) is 0 Å². The van der Waals surface area contributed by atoms with Gasteiger partial charge in [0.15, 0.2) is 0 Å². The summed E-state index contributed by atoms with van der Waals surface area (Å²) in [5.41, 5.74) is 0. The first kappa shape index (κ1) is 12.5. The molecule has 1 aliphatic heterocycles. The molecule has 0 saturated carbocycles. The molecule has 4 heteroatoms. The molecule has 0 aromatic rings. The summed E-state index contributed by atoms with van der Waals surface area (Å²) in [7, 11) is 0. The lowest BCUT2D eigenvalue weighted by atomic mass is 10.1. The van der Waals surface area contributed by atoms with Crippen LogP contribution in [0.25, 0.3) is 0 Å². The number of hydrogen-bond acceptors (Lipinski definition) is 3. The van der Waals surface area contributed by atoms with Gasteiger partial charge in [0, 0.05) is 25.6 Å². The van der Waals surface area contributed by atoms with Crippen LogP contribution in [0, 0.1) is 0 Å². The van der Waals surface area contributed by atoms with Crippen LogP contribution < -0.4 is 5.32 Å². The Morgan fingerprint density at radius 1 is 1.60 bits per heavy atom. The lowest BCUT2D eigenvalue weighted by Crippen LogP contribution is -2.40. The number of likely N-dealkylation sites (tertiary alicyclic amines) is 1. The zero-order chi connectivity index (χ0) is 11.3. The first-order valence-electron chi connectivity index (χ1n) is 5.77. The average Bonchev–Trinajstić information content (AvgIpc) is 2.14. The van der Waals surface area contributed by atoms with Crippen molar-refractivity contribution in [2.75, 3.05) is 19.6 Å². The minimum atomic E-state index is -0.202. The smallest absolute Gasteiger partial charge is 0.221 e. The molecule has 0 aliphatic carbocycles. The van der Waals surface area contributed by atoms with Crippen LogP contribution in [0.2, 0.25) is 0 Å². The Kier molecular flexibility index (Phi) is 5.05. The molecular weight excluding hydrogens is 192 g/mol. The van der Waals surface area contributed by atoms with Gasteiger partial charge in [-0.15, -0.1) is 0 Å². The van der Waals surface area contributed by atoms with Gasteiger partial charge in [-0.05, 0) is 33.2 Å². The summed E-state index contributed by atoms with van der Waals surface area (Å²) in [4.78, 5) is 13.5. The highest BCUT2D eigenvalue weighted by atomic mass is 16.3. The molecule has 0 bridgehead atoms. The van der Waals surface area contributed by atoms with Crippen LogP contribution in [-0.2, 0) is 4.79 Å². The van der Waals surface area contributed by atoms with E-state index in [2.05, 4.69) is 10.2 Å². The minimum Gasteiger partial charge on any atom is -0.392 e. The maximum Gasteiger partial charge on any atom is 0.221 e. The van der Waals surface area contributed by atoms with E-state index < -0.39 is 0 Å². The van der Waals surface area contributed by atoms with Crippen molar-refractivity contribution in [3.63, 3.8) is 0 Å². The number of hydrogen-bond donors (Lipinski definition) is 2. The van der Waals surface area contributed by atoms with Crippen molar-refractivity contribution >= 4 is 5.91 Å². The molecule has 0 unspecified atom stereocenters. The van der Waals surface area contributed by atoms with Crippen LogP contribution in [-0.4, -0.2) is 47.7 Å². The number of nitrogens with one attached hydrogen (secondary N) is 1. The summed E-state index contributed by atoms with van der Waals surface area (Å²) in [5, 5.41) is 12.3. The number of carbonyl (C=O) groups excluding carboxylic acids is 1. The van der Waals surface area contributed by atoms with Crippen LogP contribution in [0.3, 0.4) is 0 Å². The van der Waals surface area contributed by atoms with E-state index in [1.165, 1.54) is 0 Å². The van der Waals surface area contributed by atoms with Crippen LogP contribution in [0.4, 0.5) is 0 Å². The average molecular weight is 214 g/mol. The van der Waals surface area contributed by atoms with Crippen LogP contribution >= 0.6 is 0 Å². The molecule has 1 saturated heterocycles. The molecule has 1 fully saturated rings.